The summed E-state index contributed by atoms with van der Waals surface area (Å²) in [6.07, 6.45) is 1.41. The number of para-hydroxylation sites is 1. The van der Waals surface area contributed by atoms with Gasteiger partial charge in [-0.15, -0.1) is 0 Å². The summed E-state index contributed by atoms with van der Waals surface area (Å²) in [6, 6.07) is 7.91. The van der Waals surface area contributed by atoms with E-state index < -0.39 is 0 Å². The Kier molecular flexibility index (Phi) is 3.37. The third-order valence-corrected chi connectivity index (χ3v) is 3.22. The van der Waals surface area contributed by atoms with Crippen LogP contribution in [0.1, 0.15) is 5.56 Å². The molecule has 0 saturated carbocycles. The number of carbonyl (C=O) groups excluding carboxylic acids is 1. The van der Waals surface area contributed by atoms with Gasteiger partial charge in [0.25, 0.3) is 5.91 Å². The molecule has 0 fully saturated rings. The maximum absolute atomic E-state index is 12.5. The number of amides is 1. The third kappa shape index (κ3) is 2.42. The summed E-state index contributed by atoms with van der Waals surface area (Å²) >= 11 is 0. The van der Waals surface area contributed by atoms with Crippen LogP contribution in [-0.2, 0) is 20.8 Å². The molecular weight excluding hydrogens is 244 g/mol. The van der Waals surface area contributed by atoms with Gasteiger partial charge in [-0.25, -0.2) is 0 Å². The van der Waals surface area contributed by atoms with Crippen LogP contribution in [0.5, 0.6) is 0 Å². The molecular formula is C14H16N2O3. The van der Waals surface area contributed by atoms with Gasteiger partial charge in [0.05, 0.1) is 0 Å². The van der Waals surface area contributed by atoms with Crippen molar-refractivity contribution in [2.24, 2.45) is 0 Å². The first-order valence-electron chi connectivity index (χ1n) is 6.41. The number of nitrogens with one attached hydrogen (secondary N) is 1. The van der Waals surface area contributed by atoms with Gasteiger partial charge in [-0.3, -0.25) is 4.79 Å². The smallest absolute Gasteiger partial charge is 0.296 e. The molecule has 0 saturated heterocycles. The average molecular weight is 260 g/mol. The molecule has 0 unspecified atom stereocenters. The number of rotatable bonds is 1. The van der Waals surface area contributed by atoms with Crippen molar-refractivity contribution >= 4 is 11.6 Å². The molecule has 0 atom stereocenters. The topological polar surface area (TPSA) is 50.8 Å². The highest BCUT2D eigenvalue weighted by Crippen LogP contribution is 2.24. The molecule has 1 N–H and O–H groups in total. The van der Waals surface area contributed by atoms with Crippen molar-refractivity contribution in [2.45, 2.75) is 6.54 Å². The van der Waals surface area contributed by atoms with Crippen molar-refractivity contribution in [2.75, 3.05) is 31.2 Å². The SMILES string of the molecule is O=C(C1=COCCO1)N1CCNCc2ccccc21. The van der Waals surface area contributed by atoms with Gasteiger partial charge < -0.3 is 19.7 Å². The van der Waals surface area contributed by atoms with Crippen LogP contribution in [0.2, 0.25) is 0 Å². The minimum Gasteiger partial charge on any atom is -0.494 e. The summed E-state index contributed by atoms with van der Waals surface area (Å²) in [5, 5.41) is 3.31. The predicted octanol–water partition coefficient (Wildman–Crippen LogP) is 1.01. The second-order valence-corrected chi connectivity index (χ2v) is 4.46. The van der Waals surface area contributed by atoms with Gasteiger partial charge in [-0.05, 0) is 11.6 Å². The molecule has 0 bridgehead atoms. The van der Waals surface area contributed by atoms with Gasteiger partial charge in [0, 0.05) is 25.3 Å². The predicted molar refractivity (Wildman–Crippen MR) is 70.5 cm³/mol. The molecule has 0 aromatic heterocycles. The zero-order chi connectivity index (χ0) is 13.1. The van der Waals surface area contributed by atoms with E-state index in [1.54, 1.807) is 4.90 Å². The van der Waals surface area contributed by atoms with Crippen LogP contribution >= 0.6 is 0 Å². The van der Waals surface area contributed by atoms with E-state index in [9.17, 15) is 4.79 Å². The van der Waals surface area contributed by atoms with Gasteiger partial charge in [-0.1, -0.05) is 18.2 Å². The van der Waals surface area contributed by atoms with E-state index in [0.717, 1.165) is 24.3 Å². The van der Waals surface area contributed by atoms with Crippen LogP contribution in [-0.4, -0.2) is 32.2 Å². The van der Waals surface area contributed by atoms with Crippen molar-refractivity contribution in [3.8, 4) is 0 Å². The van der Waals surface area contributed by atoms with E-state index in [4.69, 9.17) is 9.47 Å². The van der Waals surface area contributed by atoms with Crippen LogP contribution in [0.25, 0.3) is 0 Å². The van der Waals surface area contributed by atoms with Crippen LogP contribution < -0.4 is 10.2 Å². The second kappa shape index (κ2) is 5.32. The van der Waals surface area contributed by atoms with E-state index in [1.165, 1.54) is 6.26 Å². The molecule has 0 aliphatic carbocycles. The van der Waals surface area contributed by atoms with Crippen LogP contribution in [0.15, 0.2) is 36.3 Å². The van der Waals surface area contributed by atoms with Gasteiger partial charge in [0.1, 0.15) is 19.5 Å². The first-order valence-corrected chi connectivity index (χ1v) is 6.41. The standard InChI is InChI=1S/C14H16N2O3/c17-14(13-10-18-7-8-19-13)16-6-5-15-9-11-3-1-2-4-12(11)16/h1-4,10,15H,5-9H2. The number of benzene rings is 1. The monoisotopic (exact) mass is 260 g/mol. The Morgan fingerprint density at radius 1 is 1.26 bits per heavy atom. The maximum atomic E-state index is 12.5. The molecule has 3 rings (SSSR count). The largest absolute Gasteiger partial charge is 0.494 e. The lowest BCUT2D eigenvalue weighted by molar-refractivity contribution is -0.119. The van der Waals surface area contributed by atoms with Gasteiger partial charge in [-0.2, -0.15) is 0 Å². The summed E-state index contributed by atoms with van der Waals surface area (Å²) in [5.74, 6) is 0.138. The second-order valence-electron chi connectivity index (χ2n) is 4.46. The van der Waals surface area contributed by atoms with E-state index in [1.807, 2.05) is 24.3 Å². The molecule has 1 amide bonds. The molecule has 0 spiro atoms. The molecule has 2 aliphatic rings. The number of carbonyl (C=O) groups is 1. The van der Waals surface area contributed by atoms with Gasteiger partial charge in [0.2, 0.25) is 5.76 Å². The van der Waals surface area contributed by atoms with E-state index in [-0.39, 0.29) is 11.7 Å². The van der Waals surface area contributed by atoms with Crippen LogP contribution in [0.3, 0.4) is 0 Å². The van der Waals surface area contributed by atoms with Crippen molar-refractivity contribution in [1.82, 2.24) is 5.32 Å². The van der Waals surface area contributed by atoms with Crippen LogP contribution in [0.4, 0.5) is 5.69 Å². The summed E-state index contributed by atoms with van der Waals surface area (Å²) in [5.41, 5.74) is 2.05. The number of hydrogen-bond acceptors (Lipinski definition) is 4. The minimum atomic E-state index is -0.143. The molecule has 2 aliphatic heterocycles. The third-order valence-electron chi connectivity index (χ3n) is 3.22. The molecule has 5 heteroatoms. The molecule has 100 valence electrons. The molecule has 1 aromatic rings. The number of fused-ring (bicyclic) bond motifs is 1. The number of nitrogens with zero attached hydrogens (tertiary/aromatic N) is 1. The maximum Gasteiger partial charge on any atom is 0.296 e. The first kappa shape index (κ1) is 12.0. The van der Waals surface area contributed by atoms with Gasteiger partial charge in [0.15, 0.2) is 0 Å². The summed E-state index contributed by atoms with van der Waals surface area (Å²) in [6.45, 7) is 3.07. The zero-order valence-electron chi connectivity index (χ0n) is 10.6. The number of anilines is 1. The summed E-state index contributed by atoms with van der Waals surface area (Å²) in [7, 11) is 0. The fraction of sp³-hybridized carbons (Fsp3) is 0.357. The highest BCUT2D eigenvalue weighted by molar-refractivity contribution is 6.04. The lowest BCUT2D eigenvalue weighted by Gasteiger charge is -2.24. The lowest BCUT2D eigenvalue weighted by atomic mass is 10.1. The Morgan fingerprint density at radius 2 is 2.16 bits per heavy atom. The van der Waals surface area contributed by atoms with Crippen molar-refractivity contribution < 1.29 is 14.3 Å². The van der Waals surface area contributed by atoms with Crippen molar-refractivity contribution in [1.29, 1.82) is 0 Å². The first-order chi connectivity index (χ1) is 9.36. The Balaban J connectivity index is 1.91. The van der Waals surface area contributed by atoms with Gasteiger partial charge >= 0.3 is 0 Å². The highest BCUT2D eigenvalue weighted by atomic mass is 16.6. The van der Waals surface area contributed by atoms with Crippen molar-refractivity contribution in [3.05, 3.63) is 41.9 Å². The minimum absolute atomic E-state index is 0.143. The summed E-state index contributed by atoms with van der Waals surface area (Å²) < 4.78 is 10.5. The number of hydrogen-bond donors (Lipinski definition) is 1. The van der Waals surface area contributed by atoms with E-state index >= 15 is 0 Å². The fourth-order valence-electron chi connectivity index (χ4n) is 2.28. The number of ether oxygens (including phenoxy) is 2. The van der Waals surface area contributed by atoms with E-state index in [0.29, 0.717) is 19.8 Å². The zero-order valence-corrected chi connectivity index (χ0v) is 10.6. The summed E-state index contributed by atoms with van der Waals surface area (Å²) in [4.78, 5) is 14.2. The molecule has 5 nitrogen and oxygen atoms in total. The van der Waals surface area contributed by atoms with Crippen molar-refractivity contribution in [3.63, 3.8) is 0 Å². The molecule has 19 heavy (non-hydrogen) atoms. The Bertz CT molecular complexity index is 513. The Hall–Kier alpha value is -2.01. The van der Waals surface area contributed by atoms with E-state index in [2.05, 4.69) is 5.32 Å². The van der Waals surface area contributed by atoms with Crippen LogP contribution in [0, 0.1) is 0 Å². The average Bonchev–Trinajstić information content (AvgIpc) is 2.70. The highest BCUT2D eigenvalue weighted by Gasteiger charge is 2.26. The normalized spacial score (nSPS) is 18.5. The molecule has 1 aromatic carbocycles. The quantitative estimate of drug-likeness (QED) is 0.819. The molecule has 2 heterocycles. The lowest BCUT2D eigenvalue weighted by Crippen LogP contribution is -2.37. The molecule has 0 radical (unpaired) electrons. The Morgan fingerprint density at radius 3 is 3.00 bits per heavy atom. The Labute approximate surface area is 111 Å². The fourth-order valence-corrected chi connectivity index (χ4v) is 2.28.